The Morgan fingerprint density at radius 3 is 2.48 bits per heavy atom. The van der Waals surface area contributed by atoms with Gasteiger partial charge in [-0.3, -0.25) is 4.79 Å². The Kier molecular flexibility index (Phi) is 8.16. The van der Waals surface area contributed by atoms with E-state index < -0.39 is 5.97 Å². The molecule has 0 radical (unpaired) electrons. The van der Waals surface area contributed by atoms with E-state index in [-0.39, 0.29) is 12.5 Å². The number of unbranched alkanes of at least 4 members (excludes halogenated alkanes) is 1. The lowest BCUT2D eigenvalue weighted by atomic mass is 10.1. The molecule has 0 unspecified atom stereocenters. The summed E-state index contributed by atoms with van der Waals surface area (Å²) in [6.07, 6.45) is 2.07. The van der Waals surface area contributed by atoms with E-state index in [0.717, 1.165) is 36.4 Å². The van der Waals surface area contributed by atoms with Crippen LogP contribution < -0.4 is 15.4 Å². The number of hydrogen-bond donors (Lipinski definition) is 2. The van der Waals surface area contributed by atoms with Crippen LogP contribution in [-0.2, 0) is 16.1 Å². The van der Waals surface area contributed by atoms with Gasteiger partial charge in [0.15, 0.2) is 6.61 Å². The number of anilines is 1. The Bertz CT molecular complexity index is 744. The molecule has 2 aromatic rings. The fourth-order valence-electron chi connectivity index (χ4n) is 2.42. The fraction of sp³-hybridized carbons (Fsp3) is 0.333. The molecule has 6 nitrogen and oxygen atoms in total. The second kappa shape index (κ2) is 10.9. The third-order valence-corrected chi connectivity index (χ3v) is 3.98. The number of benzene rings is 2. The average molecular weight is 370 g/mol. The number of para-hydroxylation sites is 1. The van der Waals surface area contributed by atoms with Gasteiger partial charge in [0.1, 0.15) is 5.75 Å². The van der Waals surface area contributed by atoms with Gasteiger partial charge in [-0.2, -0.15) is 0 Å². The third kappa shape index (κ3) is 6.66. The van der Waals surface area contributed by atoms with Gasteiger partial charge in [0.25, 0.3) is 5.91 Å². The maximum Gasteiger partial charge on any atom is 0.340 e. The van der Waals surface area contributed by atoms with Gasteiger partial charge in [0.05, 0.1) is 12.7 Å². The lowest BCUT2D eigenvalue weighted by Crippen LogP contribution is -2.28. The summed E-state index contributed by atoms with van der Waals surface area (Å²) in [4.78, 5) is 24.2. The summed E-state index contributed by atoms with van der Waals surface area (Å²) in [7, 11) is 1.60. The van der Waals surface area contributed by atoms with Gasteiger partial charge in [-0.25, -0.2) is 4.79 Å². The summed E-state index contributed by atoms with van der Waals surface area (Å²) in [5.41, 5.74) is 2.08. The molecular weight excluding hydrogens is 344 g/mol. The van der Waals surface area contributed by atoms with E-state index in [1.807, 2.05) is 36.4 Å². The lowest BCUT2D eigenvalue weighted by Gasteiger charge is -2.11. The molecule has 2 rings (SSSR count). The normalized spacial score (nSPS) is 10.1. The summed E-state index contributed by atoms with van der Waals surface area (Å²) in [6, 6.07) is 14.5. The zero-order valence-electron chi connectivity index (χ0n) is 15.8. The van der Waals surface area contributed by atoms with Crippen LogP contribution in [0.1, 0.15) is 35.7 Å². The molecule has 0 aliphatic rings. The van der Waals surface area contributed by atoms with Crippen LogP contribution in [-0.4, -0.2) is 32.1 Å². The molecule has 2 N–H and O–H groups in total. The maximum atomic E-state index is 12.3. The van der Waals surface area contributed by atoms with E-state index in [9.17, 15) is 9.59 Å². The van der Waals surface area contributed by atoms with Gasteiger partial charge in [-0.1, -0.05) is 37.6 Å². The number of hydrogen-bond acceptors (Lipinski definition) is 5. The highest BCUT2D eigenvalue weighted by Gasteiger charge is 2.14. The first-order chi connectivity index (χ1) is 13.1. The highest BCUT2D eigenvalue weighted by Crippen LogP contribution is 2.16. The molecule has 0 bridgehead atoms. The van der Waals surface area contributed by atoms with Crippen LogP contribution >= 0.6 is 0 Å². The number of ether oxygens (including phenoxy) is 2. The Labute approximate surface area is 159 Å². The minimum atomic E-state index is -0.519. The van der Waals surface area contributed by atoms with Crippen LogP contribution in [0.25, 0.3) is 0 Å². The largest absolute Gasteiger partial charge is 0.497 e. The van der Waals surface area contributed by atoms with Crippen molar-refractivity contribution in [3.05, 3.63) is 59.7 Å². The van der Waals surface area contributed by atoms with E-state index >= 15 is 0 Å². The first kappa shape index (κ1) is 20.3. The van der Waals surface area contributed by atoms with Crippen molar-refractivity contribution in [2.45, 2.75) is 26.3 Å². The van der Waals surface area contributed by atoms with Crippen LogP contribution in [0.5, 0.6) is 5.75 Å². The Morgan fingerprint density at radius 1 is 1.04 bits per heavy atom. The number of nitrogens with one attached hydrogen (secondary N) is 2. The van der Waals surface area contributed by atoms with E-state index in [2.05, 4.69) is 17.6 Å². The number of rotatable bonds is 10. The van der Waals surface area contributed by atoms with E-state index in [1.54, 1.807) is 19.2 Å². The van der Waals surface area contributed by atoms with Crippen LogP contribution in [0.3, 0.4) is 0 Å². The second-order valence-corrected chi connectivity index (χ2v) is 6.03. The molecule has 144 valence electrons. The lowest BCUT2D eigenvalue weighted by molar-refractivity contribution is -0.124. The molecule has 0 saturated heterocycles. The SMILES string of the molecule is CCCCNc1ccccc1C(=O)OCC(=O)NCc1ccc(OC)cc1. The highest BCUT2D eigenvalue weighted by molar-refractivity contribution is 5.96. The van der Waals surface area contributed by atoms with Crippen molar-refractivity contribution in [2.75, 3.05) is 25.6 Å². The Morgan fingerprint density at radius 2 is 1.78 bits per heavy atom. The predicted octanol–water partition coefficient (Wildman–Crippen LogP) is 3.38. The smallest absolute Gasteiger partial charge is 0.340 e. The van der Waals surface area contributed by atoms with E-state index in [0.29, 0.717) is 12.1 Å². The number of amides is 1. The fourth-order valence-corrected chi connectivity index (χ4v) is 2.42. The van der Waals surface area contributed by atoms with Crippen molar-refractivity contribution in [2.24, 2.45) is 0 Å². The molecule has 0 aliphatic carbocycles. The highest BCUT2D eigenvalue weighted by atomic mass is 16.5. The first-order valence-corrected chi connectivity index (χ1v) is 9.03. The van der Waals surface area contributed by atoms with Gasteiger partial charge < -0.3 is 20.1 Å². The predicted molar refractivity (Wildman–Crippen MR) is 105 cm³/mol. The number of carbonyl (C=O) groups is 2. The van der Waals surface area contributed by atoms with Crippen molar-refractivity contribution in [3.63, 3.8) is 0 Å². The minimum Gasteiger partial charge on any atom is -0.497 e. The molecule has 0 atom stereocenters. The molecule has 0 heterocycles. The summed E-state index contributed by atoms with van der Waals surface area (Å²) < 4.78 is 10.2. The van der Waals surface area contributed by atoms with Crippen LogP contribution in [0.15, 0.2) is 48.5 Å². The summed E-state index contributed by atoms with van der Waals surface area (Å²) in [6.45, 7) is 2.92. The van der Waals surface area contributed by atoms with Crippen LogP contribution in [0, 0.1) is 0 Å². The molecule has 1 amide bonds. The zero-order valence-corrected chi connectivity index (χ0v) is 15.8. The van der Waals surface area contributed by atoms with Gasteiger partial charge in [0.2, 0.25) is 0 Å². The van der Waals surface area contributed by atoms with Gasteiger partial charge in [-0.15, -0.1) is 0 Å². The molecule has 0 aliphatic heterocycles. The Balaban J connectivity index is 1.81. The van der Waals surface area contributed by atoms with E-state index in [1.165, 1.54) is 0 Å². The molecule has 0 fully saturated rings. The summed E-state index contributed by atoms with van der Waals surface area (Å²) in [5.74, 6) is -0.116. The zero-order chi connectivity index (χ0) is 19.5. The molecule has 0 spiro atoms. The van der Waals surface area contributed by atoms with Gasteiger partial charge in [0, 0.05) is 18.8 Å². The molecule has 27 heavy (non-hydrogen) atoms. The minimum absolute atomic E-state index is 0.321. The summed E-state index contributed by atoms with van der Waals surface area (Å²) in [5, 5.41) is 5.95. The first-order valence-electron chi connectivity index (χ1n) is 9.03. The molecular formula is C21H26N2O4. The molecule has 0 saturated carbocycles. The van der Waals surface area contributed by atoms with Crippen LogP contribution in [0.2, 0.25) is 0 Å². The van der Waals surface area contributed by atoms with Crippen LogP contribution in [0.4, 0.5) is 5.69 Å². The van der Waals surface area contributed by atoms with Gasteiger partial charge >= 0.3 is 5.97 Å². The number of carbonyl (C=O) groups excluding carboxylic acids is 2. The Hall–Kier alpha value is -3.02. The van der Waals surface area contributed by atoms with Crippen molar-refractivity contribution < 1.29 is 19.1 Å². The third-order valence-electron chi connectivity index (χ3n) is 3.98. The van der Waals surface area contributed by atoms with E-state index in [4.69, 9.17) is 9.47 Å². The van der Waals surface area contributed by atoms with Crippen molar-refractivity contribution in [3.8, 4) is 5.75 Å². The second-order valence-electron chi connectivity index (χ2n) is 6.03. The molecule has 6 heteroatoms. The quantitative estimate of drug-likeness (QED) is 0.495. The summed E-state index contributed by atoms with van der Waals surface area (Å²) >= 11 is 0. The topological polar surface area (TPSA) is 76.7 Å². The monoisotopic (exact) mass is 370 g/mol. The average Bonchev–Trinajstić information content (AvgIpc) is 2.71. The van der Waals surface area contributed by atoms with Crippen molar-refractivity contribution >= 4 is 17.6 Å². The molecule has 0 aromatic heterocycles. The standard InChI is InChI=1S/C21H26N2O4/c1-3-4-13-22-19-8-6-5-7-18(19)21(25)27-15-20(24)23-14-16-9-11-17(26-2)12-10-16/h5-12,22H,3-4,13-15H2,1-2H3,(H,23,24). The number of methoxy groups -OCH3 is 1. The van der Waals surface area contributed by atoms with Gasteiger partial charge in [-0.05, 0) is 36.2 Å². The number of esters is 1. The maximum absolute atomic E-state index is 12.3. The molecule has 2 aromatic carbocycles. The van der Waals surface area contributed by atoms with Crippen molar-refractivity contribution in [1.29, 1.82) is 0 Å². The van der Waals surface area contributed by atoms with Crippen molar-refractivity contribution in [1.82, 2.24) is 5.32 Å².